The van der Waals surface area contributed by atoms with Gasteiger partial charge in [-0.1, -0.05) is 52.8 Å². The molecule has 0 spiro atoms. The lowest BCUT2D eigenvalue weighted by Crippen LogP contribution is -2.31. The Morgan fingerprint density at radius 3 is 2.35 bits per heavy atom. The SMILES string of the molecule is CCc1c(C(C)C)nc(C(C)C)c(/C=C/C2CC(O)CC(=O)O2)c1-c1ccc(F)cc1. The van der Waals surface area contributed by atoms with E-state index in [0.29, 0.717) is 6.42 Å². The lowest BCUT2D eigenvalue weighted by molar-refractivity contribution is -0.156. The van der Waals surface area contributed by atoms with E-state index in [1.54, 1.807) is 12.1 Å². The number of cyclic esters (lactones) is 1. The van der Waals surface area contributed by atoms with Gasteiger partial charge < -0.3 is 9.84 Å². The predicted octanol–water partition coefficient (Wildman–Crippen LogP) is 5.78. The average Bonchev–Trinajstić information content (AvgIpc) is 2.70. The normalized spacial score (nSPS) is 19.5. The van der Waals surface area contributed by atoms with Crippen LogP contribution in [0.4, 0.5) is 4.39 Å². The van der Waals surface area contributed by atoms with Crippen LogP contribution in [0.1, 0.15) is 81.8 Å². The highest BCUT2D eigenvalue weighted by Gasteiger charge is 2.26. The van der Waals surface area contributed by atoms with Crippen LogP contribution in [0.15, 0.2) is 30.3 Å². The number of hydrogen-bond acceptors (Lipinski definition) is 4. The van der Waals surface area contributed by atoms with Crippen LogP contribution in [0, 0.1) is 5.82 Å². The molecule has 31 heavy (non-hydrogen) atoms. The lowest BCUT2D eigenvalue weighted by atomic mass is 9.86. The molecule has 1 aliphatic heterocycles. The average molecular weight is 426 g/mol. The second kappa shape index (κ2) is 9.73. The van der Waals surface area contributed by atoms with Crippen molar-refractivity contribution in [1.82, 2.24) is 4.98 Å². The fraction of sp³-hybridized carbons (Fsp3) is 0.462. The van der Waals surface area contributed by atoms with Crippen molar-refractivity contribution in [3.05, 3.63) is 58.7 Å². The van der Waals surface area contributed by atoms with Crippen molar-refractivity contribution in [2.45, 2.75) is 77.9 Å². The molecule has 2 aromatic rings. The smallest absolute Gasteiger partial charge is 0.309 e. The van der Waals surface area contributed by atoms with Crippen LogP contribution in [0.3, 0.4) is 0 Å². The third-order valence-corrected chi connectivity index (χ3v) is 5.64. The second-order valence-corrected chi connectivity index (χ2v) is 8.80. The van der Waals surface area contributed by atoms with Crippen LogP contribution in [-0.4, -0.2) is 28.3 Å². The van der Waals surface area contributed by atoms with Gasteiger partial charge in [0, 0.05) is 17.7 Å². The first-order chi connectivity index (χ1) is 14.7. The number of hydrogen-bond donors (Lipinski definition) is 1. The van der Waals surface area contributed by atoms with Gasteiger partial charge in [-0.25, -0.2) is 4.39 Å². The molecule has 3 rings (SSSR count). The standard InChI is InChI=1S/C26H32FNO3/c1-6-21-24(17-7-9-18(27)10-8-17)22(26(16(4)5)28-25(21)15(2)3)12-11-20-13-19(29)14-23(30)31-20/h7-12,15-16,19-20,29H,6,13-14H2,1-5H3/b12-11+. The summed E-state index contributed by atoms with van der Waals surface area (Å²) in [5.41, 5.74) is 6.10. The van der Waals surface area contributed by atoms with Crippen LogP contribution in [0.2, 0.25) is 0 Å². The quantitative estimate of drug-likeness (QED) is 0.596. The minimum absolute atomic E-state index is 0.0348. The number of aromatic nitrogens is 1. The van der Waals surface area contributed by atoms with Crippen molar-refractivity contribution in [2.75, 3.05) is 0 Å². The van der Waals surface area contributed by atoms with Crippen molar-refractivity contribution in [2.24, 2.45) is 0 Å². The summed E-state index contributed by atoms with van der Waals surface area (Å²) in [6.45, 7) is 10.6. The van der Waals surface area contributed by atoms with Gasteiger partial charge in [-0.15, -0.1) is 0 Å². The molecule has 0 saturated carbocycles. The van der Waals surface area contributed by atoms with Gasteiger partial charge in [-0.3, -0.25) is 9.78 Å². The van der Waals surface area contributed by atoms with Gasteiger partial charge in [0.15, 0.2) is 0 Å². The number of nitrogens with zero attached hydrogens (tertiary/aromatic N) is 1. The molecule has 1 aromatic heterocycles. The molecule has 0 amide bonds. The number of pyridine rings is 1. The number of carbonyl (C=O) groups is 1. The van der Waals surface area contributed by atoms with Gasteiger partial charge in [0.05, 0.1) is 18.2 Å². The summed E-state index contributed by atoms with van der Waals surface area (Å²) in [6, 6.07) is 6.57. The van der Waals surface area contributed by atoms with Gasteiger partial charge in [0.2, 0.25) is 0 Å². The molecule has 1 aliphatic rings. The Hall–Kier alpha value is -2.53. The zero-order valence-corrected chi connectivity index (χ0v) is 19.0. The summed E-state index contributed by atoms with van der Waals surface area (Å²) in [6.07, 6.45) is 3.84. The molecule has 0 aliphatic carbocycles. The van der Waals surface area contributed by atoms with Crippen molar-refractivity contribution >= 4 is 12.0 Å². The molecule has 2 unspecified atom stereocenters. The molecule has 1 fully saturated rings. The van der Waals surface area contributed by atoms with Crippen LogP contribution in [0.5, 0.6) is 0 Å². The third-order valence-electron chi connectivity index (χ3n) is 5.64. The maximum Gasteiger partial charge on any atom is 0.309 e. The first-order valence-corrected chi connectivity index (χ1v) is 11.1. The second-order valence-electron chi connectivity index (χ2n) is 8.80. The van der Waals surface area contributed by atoms with Gasteiger partial charge in [-0.05, 0) is 53.2 Å². The number of aliphatic hydroxyl groups is 1. The highest BCUT2D eigenvalue weighted by molar-refractivity contribution is 5.80. The summed E-state index contributed by atoms with van der Waals surface area (Å²) < 4.78 is 19.1. The zero-order valence-electron chi connectivity index (χ0n) is 19.0. The van der Waals surface area contributed by atoms with Gasteiger partial charge >= 0.3 is 5.97 Å². The highest BCUT2D eigenvalue weighted by atomic mass is 19.1. The maximum absolute atomic E-state index is 13.7. The maximum atomic E-state index is 13.7. The molecular formula is C26H32FNO3. The van der Waals surface area contributed by atoms with E-state index in [1.807, 2.05) is 12.2 Å². The molecule has 2 heterocycles. The van der Waals surface area contributed by atoms with E-state index < -0.39 is 18.2 Å². The van der Waals surface area contributed by atoms with E-state index >= 15 is 0 Å². The predicted molar refractivity (Wildman–Crippen MR) is 121 cm³/mol. The van der Waals surface area contributed by atoms with Crippen molar-refractivity contribution in [3.63, 3.8) is 0 Å². The van der Waals surface area contributed by atoms with E-state index in [-0.39, 0.29) is 24.1 Å². The van der Waals surface area contributed by atoms with E-state index in [0.717, 1.165) is 40.1 Å². The topological polar surface area (TPSA) is 59.4 Å². The van der Waals surface area contributed by atoms with Crippen LogP contribution in [0.25, 0.3) is 17.2 Å². The Kier molecular flexibility index (Phi) is 7.26. The molecule has 2 atom stereocenters. The number of esters is 1. The van der Waals surface area contributed by atoms with E-state index in [1.165, 1.54) is 12.1 Å². The van der Waals surface area contributed by atoms with Crippen LogP contribution in [-0.2, 0) is 16.0 Å². The van der Waals surface area contributed by atoms with E-state index in [9.17, 15) is 14.3 Å². The van der Waals surface area contributed by atoms with Crippen molar-refractivity contribution < 1.29 is 19.0 Å². The number of carbonyl (C=O) groups excluding carboxylic acids is 1. The molecule has 4 nitrogen and oxygen atoms in total. The molecule has 1 saturated heterocycles. The summed E-state index contributed by atoms with van der Waals surface area (Å²) in [5.74, 6) is -0.246. The van der Waals surface area contributed by atoms with Gasteiger partial charge in [0.1, 0.15) is 11.9 Å². The number of benzene rings is 1. The molecule has 1 aromatic carbocycles. The number of ether oxygens (including phenoxy) is 1. The number of rotatable bonds is 6. The minimum atomic E-state index is -0.690. The first-order valence-electron chi connectivity index (χ1n) is 11.1. The summed E-state index contributed by atoms with van der Waals surface area (Å²) in [4.78, 5) is 16.8. The molecule has 0 bridgehead atoms. The number of halogens is 1. The van der Waals surface area contributed by atoms with E-state index in [2.05, 4.69) is 34.6 Å². The first kappa shape index (κ1) is 23.1. The molecular weight excluding hydrogens is 393 g/mol. The summed E-state index contributed by atoms with van der Waals surface area (Å²) in [7, 11) is 0. The highest BCUT2D eigenvalue weighted by Crippen LogP contribution is 2.38. The molecule has 166 valence electrons. The lowest BCUT2D eigenvalue weighted by Gasteiger charge is -2.25. The Labute approximate surface area is 184 Å². The zero-order chi connectivity index (χ0) is 22.7. The third kappa shape index (κ3) is 5.21. The fourth-order valence-corrected chi connectivity index (χ4v) is 4.20. The largest absolute Gasteiger partial charge is 0.458 e. The van der Waals surface area contributed by atoms with Crippen LogP contribution >= 0.6 is 0 Å². The summed E-state index contributed by atoms with van der Waals surface area (Å²) in [5, 5.41) is 9.95. The van der Waals surface area contributed by atoms with Crippen molar-refractivity contribution in [1.29, 1.82) is 0 Å². The van der Waals surface area contributed by atoms with Gasteiger partial charge in [-0.2, -0.15) is 0 Å². The summed E-state index contributed by atoms with van der Waals surface area (Å²) >= 11 is 0. The number of aliphatic hydroxyl groups excluding tert-OH is 1. The fourth-order valence-electron chi connectivity index (χ4n) is 4.20. The Morgan fingerprint density at radius 2 is 1.81 bits per heavy atom. The molecule has 5 heteroatoms. The monoisotopic (exact) mass is 425 g/mol. The van der Waals surface area contributed by atoms with E-state index in [4.69, 9.17) is 9.72 Å². The Balaban J connectivity index is 2.22. The Morgan fingerprint density at radius 1 is 1.16 bits per heavy atom. The minimum Gasteiger partial charge on any atom is -0.458 e. The molecule has 1 N–H and O–H groups in total. The Bertz CT molecular complexity index is 964. The van der Waals surface area contributed by atoms with Crippen LogP contribution < -0.4 is 0 Å². The van der Waals surface area contributed by atoms with Gasteiger partial charge in [0.25, 0.3) is 0 Å². The van der Waals surface area contributed by atoms with Crippen molar-refractivity contribution in [3.8, 4) is 11.1 Å². The molecule has 0 radical (unpaired) electrons.